The molecule has 1 unspecified atom stereocenters. The molecule has 1 aromatic heterocycles. The van der Waals surface area contributed by atoms with Gasteiger partial charge in [0.05, 0.1) is 12.5 Å². The Labute approximate surface area is 126 Å². The van der Waals surface area contributed by atoms with Crippen LogP contribution < -0.4 is 5.32 Å². The van der Waals surface area contributed by atoms with E-state index >= 15 is 0 Å². The van der Waals surface area contributed by atoms with E-state index in [0.717, 1.165) is 6.39 Å². The van der Waals surface area contributed by atoms with Crippen LogP contribution in [0.4, 0.5) is 4.39 Å². The summed E-state index contributed by atoms with van der Waals surface area (Å²) in [6.07, 6.45) is 1.33. The minimum Gasteiger partial charge on any atom is -0.481 e. The van der Waals surface area contributed by atoms with Crippen molar-refractivity contribution in [1.82, 2.24) is 10.3 Å². The van der Waals surface area contributed by atoms with Crippen molar-refractivity contribution in [1.29, 1.82) is 0 Å². The molecule has 0 radical (unpaired) electrons. The second kappa shape index (κ2) is 6.84. The number of carbonyl (C=O) groups excluding carboxylic acids is 1. The van der Waals surface area contributed by atoms with Gasteiger partial charge in [-0.05, 0) is 17.7 Å². The summed E-state index contributed by atoms with van der Waals surface area (Å²) in [6, 6.07) is 4.51. The number of carboxylic acids is 1. The van der Waals surface area contributed by atoms with E-state index < -0.39 is 23.7 Å². The van der Waals surface area contributed by atoms with Crippen molar-refractivity contribution in [2.75, 3.05) is 0 Å². The lowest BCUT2D eigenvalue weighted by Gasteiger charge is -2.17. The standard InChI is InChI=1S/C15H15FN2O4/c1-2-12-14(17-8-22-12)15(21)18-11(7-13(19)20)9-3-5-10(16)6-4-9/h3-6,8,11H,2,7H2,1H3,(H,18,21)(H,19,20). The zero-order valence-corrected chi connectivity index (χ0v) is 11.9. The first-order chi connectivity index (χ1) is 10.5. The maximum Gasteiger partial charge on any atom is 0.305 e. The molecule has 0 aliphatic carbocycles. The predicted molar refractivity (Wildman–Crippen MR) is 74.7 cm³/mol. The van der Waals surface area contributed by atoms with Gasteiger partial charge in [0.2, 0.25) is 0 Å². The number of aryl methyl sites for hydroxylation is 1. The molecule has 116 valence electrons. The van der Waals surface area contributed by atoms with Crippen molar-refractivity contribution in [3.8, 4) is 0 Å². The number of hydrogen-bond acceptors (Lipinski definition) is 4. The normalized spacial score (nSPS) is 11.9. The Kier molecular flexibility index (Phi) is 4.88. The number of benzene rings is 1. The Morgan fingerprint density at radius 2 is 2.05 bits per heavy atom. The highest BCUT2D eigenvalue weighted by molar-refractivity contribution is 5.93. The molecule has 1 aromatic carbocycles. The summed E-state index contributed by atoms with van der Waals surface area (Å²) in [5.74, 6) is -1.62. The maximum absolute atomic E-state index is 13.0. The van der Waals surface area contributed by atoms with Crippen LogP contribution in [0.1, 0.15) is 41.2 Å². The highest BCUT2D eigenvalue weighted by Gasteiger charge is 2.22. The van der Waals surface area contributed by atoms with Gasteiger partial charge in [-0.3, -0.25) is 9.59 Å². The minimum atomic E-state index is -1.08. The van der Waals surface area contributed by atoms with Gasteiger partial charge in [0.15, 0.2) is 12.1 Å². The first-order valence-corrected chi connectivity index (χ1v) is 6.71. The second-order valence-electron chi connectivity index (χ2n) is 4.65. The first-order valence-electron chi connectivity index (χ1n) is 6.71. The van der Waals surface area contributed by atoms with Crippen molar-refractivity contribution in [2.45, 2.75) is 25.8 Å². The van der Waals surface area contributed by atoms with Crippen molar-refractivity contribution < 1.29 is 23.5 Å². The van der Waals surface area contributed by atoms with Gasteiger partial charge in [0.25, 0.3) is 5.91 Å². The predicted octanol–water partition coefficient (Wildman–Crippen LogP) is 2.32. The van der Waals surface area contributed by atoms with Gasteiger partial charge in [-0.15, -0.1) is 0 Å². The summed E-state index contributed by atoms with van der Waals surface area (Å²) in [5.41, 5.74) is 0.624. The number of aliphatic carboxylic acids is 1. The van der Waals surface area contributed by atoms with Crippen molar-refractivity contribution in [3.63, 3.8) is 0 Å². The summed E-state index contributed by atoms with van der Waals surface area (Å²) in [6.45, 7) is 1.81. The molecule has 1 atom stereocenters. The molecule has 0 aliphatic heterocycles. The Morgan fingerprint density at radius 1 is 1.36 bits per heavy atom. The Balaban J connectivity index is 2.21. The highest BCUT2D eigenvalue weighted by Crippen LogP contribution is 2.19. The molecule has 0 saturated heterocycles. The summed E-state index contributed by atoms with van der Waals surface area (Å²) >= 11 is 0. The quantitative estimate of drug-likeness (QED) is 0.854. The van der Waals surface area contributed by atoms with Crippen LogP contribution in [0.2, 0.25) is 0 Å². The molecule has 2 aromatic rings. The minimum absolute atomic E-state index is 0.125. The van der Waals surface area contributed by atoms with E-state index in [-0.39, 0.29) is 12.1 Å². The SMILES string of the molecule is CCc1ocnc1C(=O)NC(CC(=O)O)c1ccc(F)cc1. The molecule has 0 bridgehead atoms. The number of carbonyl (C=O) groups is 2. The Morgan fingerprint density at radius 3 is 2.64 bits per heavy atom. The Hall–Kier alpha value is -2.70. The maximum atomic E-state index is 13.0. The van der Waals surface area contributed by atoms with Crippen LogP contribution in [-0.2, 0) is 11.2 Å². The summed E-state index contributed by atoms with van der Waals surface area (Å²) < 4.78 is 18.1. The fourth-order valence-electron chi connectivity index (χ4n) is 2.06. The monoisotopic (exact) mass is 306 g/mol. The number of oxazole rings is 1. The fraction of sp³-hybridized carbons (Fsp3) is 0.267. The summed E-state index contributed by atoms with van der Waals surface area (Å²) in [4.78, 5) is 27.0. The van der Waals surface area contributed by atoms with Crippen LogP contribution in [0.15, 0.2) is 35.1 Å². The van der Waals surface area contributed by atoms with E-state index in [1.165, 1.54) is 24.3 Å². The smallest absolute Gasteiger partial charge is 0.305 e. The summed E-state index contributed by atoms with van der Waals surface area (Å²) in [5, 5.41) is 11.6. The molecule has 1 heterocycles. The fourth-order valence-corrected chi connectivity index (χ4v) is 2.06. The van der Waals surface area contributed by atoms with Crippen molar-refractivity contribution in [2.24, 2.45) is 0 Å². The van der Waals surface area contributed by atoms with Gasteiger partial charge >= 0.3 is 5.97 Å². The lowest BCUT2D eigenvalue weighted by molar-refractivity contribution is -0.137. The molecule has 7 heteroatoms. The largest absolute Gasteiger partial charge is 0.481 e. The van der Waals surface area contributed by atoms with Crippen LogP contribution >= 0.6 is 0 Å². The number of hydrogen-bond donors (Lipinski definition) is 2. The van der Waals surface area contributed by atoms with Crippen LogP contribution in [0.25, 0.3) is 0 Å². The van der Waals surface area contributed by atoms with Gasteiger partial charge in [-0.1, -0.05) is 19.1 Å². The number of halogens is 1. The van der Waals surface area contributed by atoms with Crippen LogP contribution in [0.3, 0.4) is 0 Å². The molecule has 0 aliphatic rings. The molecule has 0 saturated carbocycles. The number of carboxylic acid groups (broad SMARTS) is 1. The van der Waals surface area contributed by atoms with Crippen LogP contribution in [0, 0.1) is 5.82 Å². The molecule has 22 heavy (non-hydrogen) atoms. The van der Waals surface area contributed by atoms with E-state index in [1.807, 2.05) is 6.92 Å². The lowest BCUT2D eigenvalue weighted by atomic mass is 10.0. The molecule has 0 spiro atoms. The molecule has 6 nitrogen and oxygen atoms in total. The zero-order valence-electron chi connectivity index (χ0n) is 11.9. The van der Waals surface area contributed by atoms with E-state index in [1.54, 1.807) is 0 Å². The van der Waals surface area contributed by atoms with E-state index in [4.69, 9.17) is 9.52 Å². The van der Waals surface area contributed by atoms with Gasteiger partial charge in [0.1, 0.15) is 11.6 Å². The number of aromatic nitrogens is 1. The highest BCUT2D eigenvalue weighted by atomic mass is 19.1. The number of amides is 1. The summed E-state index contributed by atoms with van der Waals surface area (Å²) in [7, 11) is 0. The van der Waals surface area contributed by atoms with Crippen LogP contribution in [-0.4, -0.2) is 22.0 Å². The molecular weight excluding hydrogens is 291 g/mol. The average molecular weight is 306 g/mol. The van der Waals surface area contributed by atoms with E-state index in [2.05, 4.69) is 10.3 Å². The lowest BCUT2D eigenvalue weighted by Crippen LogP contribution is -2.31. The molecule has 1 amide bonds. The Bertz CT molecular complexity index is 666. The van der Waals surface area contributed by atoms with Gasteiger partial charge in [0, 0.05) is 6.42 Å². The third-order valence-corrected chi connectivity index (χ3v) is 3.13. The third kappa shape index (κ3) is 3.69. The van der Waals surface area contributed by atoms with Gasteiger partial charge in [-0.2, -0.15) is 0 Å². The van der Waals surface area contributed by atoms with Gasteiger partial charge in [-0.25, -0.2) is 9.37 Å². The first kappa shape index (κ1) is 15.7. The van der Waals surface area contributed by atoms with Crippen LogP contribution in [0.5, 0.6) is 0 Å². The molecular formula is C15H15FN2O4. The number of nitrogens with zero attached hydrogens (tertiary/aromatic N) is 1. The van der Waals surface area contributed by atoms with Gasteiger partial charge < -0.3 is 14.8 Å². The number of rotatable bonds is 6. The molecule has 0 fully saturated rings. The zero-order chi connectivity index (χ0) is 16.1. The number of nitrogens with one attached hydrogen (secondary N) is 1. The topological polar surface area (TPSA) is 92.4 Å². The van der Waals surface area contributed by atoms with E-state index in [0.29, 0.717) is 17.7 Å². The third-order valence-electron chi connectivity index (χ3n) is 3.13. The average Bonchev–Trinajstić information content (AvgIpc) is 2.95. The molecule has 2 N–H and O–H groups in total. The second-order valence-corrected chi connectivity index (χ2v) is 4.65. The van der Waals surface area contributed by atoms with Crippen molar-refractivity contribution in [3.05, 3.63) is 53.5 Å². The van der Waals surface area contributed by atoms with Crippen molar-refractivity contribution >= 4 is 11.9 Å². The van der Waals surface area contributed by atoms with E-state index in [9.17, 15) is 14.0 Å². The molecule has 2 rings (SSSR count).